The van der Waals surface area contributed by atoms with Crippen molar-refractivity contribution in [2.75, 3.05) is 26.3 Å². The third-order valence-electron chi connectivity index (χ3n) is 2.82. The highest BCUT2D eigenvalue weighted by molar-refractivity contribution is 4.69. The van der Waals surface area contributed by atoms with Gasteiger partial charge in [0, 0.05) is 26.2 Å². The van der Waals surface area contributed by atoms with Gasteiger partial charge in [-0.15, -0.1) is 0 Å². The maximum Gasteiger partial charge on any atom is 0.158 e. The van der Waals surface area contributed by atoms with E-state index < -0.39 is 0 Å². The van der Waals surface area contributed by atoms with Crippen LogP contribution in [0.3, 0.4) is 0 Å². The fourth-order valence-corrected chi connectivity index (χ4v) is 1.36. The number of hydrogen-bond donors (Lipinski definition) is 1. The molecule has 0 atom stereocenters. The Balaban J connectivity index is 3.61. The van der Waals surface area contributed by atoms with Crippen molar-refractivity contribution in [1.29, 1.82) is 0 Å². The van der Waals surface area contributed by atoms with E-state index in [0.29, 0.717) is 18.6 Å². The summed E-state index contributed by atoms with van der Waals surface area (Å²) in [7, 11) is 0. The molecule has 0 fully saturated rings. The van der Waals surface area contributed by atoms with Crippen LogP contribution < -0.4 is 5.32 Å². The standard InChI is InChI=1S/C13H29NO2/c1-6-13(4,5)11-14-10-9-12(15-7-2)16-8-3/h12,14H,6-11H2,1-5H3. The van der Waals surface area contributed by atoms with Crippen LogP contribution in [0.25, 0.3) is 0 Å². The zero-order chi connectivity index (χ0) is 12.4. The van der Waals surface area contributed by atoms with Crippen molar-refractivity contribution in [3.63, 3.8) is 0 Å². The lowest BCUT2D eigenvalue weighted by molar-refractivity contribution is -0.138. The fourth-order valence-electron chi connectivity index (χ4n) is 1.36. The zero-order valence-electron chi connectivity index (χ0n) is 11.6. The average molecular weight is 231 g/mol. The van der Waals surface area contributed by atoms with Crippen molar-refractivity contribution in [3.8, 4) is 0 Å². The van der Waals surface area contributed by atoms with Crippen LogP contribution in [0, 0.1) is 5.41 Å². The molecule has 0 saturated heterocycles. The van der Waals surface area contributed by atoms with Gasteiger partial charge in [-0.05, 0) is 32.2 Å². The van der Waals surface area contributed by atoms with Gasteiger partial charge < -0.3 is 14.8 Å². The summed E-state index contributed by atoms with van der Waals surface area (Å²) in [6.45, 7) is 14.2. The topological polar surface area (TPSA) is 30.5 Å². The van der Waals surface area contributed by atoms with Gasteiger partial charge in [0.1, 0.15) is 0 Å². The highest BCUT2D eigenvalue weighted by Crippen LogP contribution is 2.17. The predicted octanol–water partition coefficient (Wildman–Crippen LogP) is 2.80. The monoisotopic (exact) mass is 231 g/mol. The van der Waals surface area contributed by atoms with E-state index in [1.165, 1.54) is 6.42 Å². The molecule has 98 valence electrons. The van der Waals surface area contributed by atoms with Crippen molar-refractivity contribution in [1.82, 2.24) is 5.32 Å². The molecule has 0 bridgehead atoms. The van der Waals surface area contributed by atoms with Crippen LogP contribution in [0.4, 0.5) is 0 Å². The van der Waals surface area contributed by atoms with Crippen LogP contribution in [0.5, 0.6) is 0 Å². The number of nitrogens with one attached hydrogen (secondary N) is 1. The van der Waals surface area contributed by atoms with Gasteiger partial charge >= 0.3 is 0 Å². The second-order valence-corrected chi connectivity index (χ2v) is 4.82. The van der Waals surface area contributed by atoms with Crippen molar-refractivity contribution >= 4 is 0 Å². The van der Waals surface area contributed by atoms with E-state index in [1.54, 1.807) is 0 Å². The molecule has 0 heterocycles. The van der Waals surface area contributed by atoms with Gasteiger partial charge in [0.05, 0.1) is 0 Å². The van der Waals surface area contributed by atoms with Crippen molar-refractivity contribution in [2.24, 2.45) is 5.41 Å². The van der Waals surface area contributed by atoms with Crippen molar-refractivity contribution in [2.45, 2.75) is 53.8 Å². The Morgan fingerprint density at radius 3 is 2.06 bits per heavy atom. The SMILES string of the molecule is CCOC(CCNCC(C)(C)CC)OCC. The predicted molar refractivity (Wildman–Crippen MR) is 68.6 cm³/mol. The number of ether oxygens (including phenoxy) is 2. The molecule has 3 heteroatoms. The molecule has 0 aliphatic heterocycles. The molecular weight excluding hydrogens is 202 g/mol. The highest BCUT2D eigenvalue weighted by atomic mass is 16.7. The largest absolute Gasteiger partial charge is 0.353 e. The van der Waals surface area contributed by atoms with Crippen molar-refractivity contribution in [3.05, 3.63) is 0 Å². The third-order valence-corrected chi connectivity index (χ3v) is 2.82. The van der Waals surface area contributed by atoms with Crippen LogP contribution >= 0.6 is 0 Å². The Labute approximate surface area is 101 Å². The third kappa shape index (κ3) is 8.08. The number of rotatable bonds is 10. The summed E-state index contributed by atoms with van der Waals surface area (Å²) in [6.07, 6.45) is 2.06. The molecule has 0 aromatic rings. The molecule has 0 aliphatic carbocycles. The van der Waals surface area contributed by atoms with E-state index in [4.69, 9.17) is 9.47 Å². The van der Waals surface area contributed by atoms with E-state index in [-0.39, 0.29) is 6.29 Å². The first kappa shape index (κ1) is 15.9. The van der Waals surface area contributed by atoms with Gasteiger partial charge in [-0.25, -0.2) is 0 Å². The summed E-state index contributed by atoms with van der Waals surface area (Å²) in [4.78, 5) is 0. The Morgan fingerprint density at radius 1 is 1.06 bits per heavy atom. The zero-order valence-corrected chi connectivity index (χ0v) is 11.6. The van der Waals surface area contributed by atoms with E-state index in [9.17, 15) is 0 Å². The van der Waals surface area contributed by atoms with Gasteiger partial charge in [0.25, 0.3) is 0 Å². The second-order valence-electron chi connectivity index (χ2n) is 4.82. The van der Waals surface area contributed by atoms with Crippen molar-refractivity contribution < 1.29 is 9.47 Å². The van der Waals surface area contributed by atoms with E-state index >= 15 is 0 Å². The molecule has 0 saturated carbocycles. The van der Waals surface area contributed by atoms with Crippen LogP contribution in [0.2, 0.25) is 0 Å². The molecule has 1 N–H and O–H groups in total. The lowest BCUT2D eigenvalue weighted by Crippen LogP contribution is -2.32. The molecule has 16 heavy (non-hydrogen) atoms. The molecule has 0 aromatic carbocycles. The Morgan fingerprint density at radius 2 is 1.62 bits per heavy atom. The van der Waals surface area contributed by atoms with E-state index in [1.807, 2.05) is 13.8 Å². The summed E-state index contributed by atoms with van der Waals surface area (Å²) < 4.78 is 11.0. The molecule has 3 nitrogen and oxygen atoms in total. The van der Waals surface area contributed by atoms with Gasteiger partial charge in [0.15, 0.2) is 6.29 Å². The molecule has 0 aromatic heterocycles. The van der Waals surface area contributed by atoms with Gasteiger partial charge in [0.2, 0.25) is 0 Å². The normalized spacial score (nSPS) is 12.4. The van der Waals surface area contributed by atoms with E-state index in [2.05, 4.69) is 26.1 Å². The Bertz CT molecular complexity index is 154. The molecule has 0 rings (SSSR count). The average Bonchev–Trinajstić information content (AvgIpc) is 2.25. The summed E-state index contributed by atoms with van der Waals surface area (Å²) in [5, 5.41) is 3.46. The maximum absolute atomic E-state index is 5.48. The highest BCUT2D eigenvalue weighted by Gasteiger charge is 2.14. The molecule has 0 spiro atoms. The summed E-state index contributed by atoms with van der Waals surface area (Å²) in [5.74, 6) is 0. The lowest BCUT2D eigenvalue weighted by Gasteiger charge is -2.24. The summed E-state index contributed by atoms with van der Waals surface area (Å²) in [5.41, 5.74) is 0.382. The molecular formula is C13H29NO2. The maximum atomic E-state index is 5.48. The first-order chi connectivity index (χ1) is 7.55. The minimum absolute atomic E-state index is 0.0489. The first-order valence-corrected chi connectivity index (χ1v) is 6.49. The molecule has 0 amide bonds. The molecule has 0 aliphatic rings. The quantitative estimate of drug-likeness (QED) is 0.463. The minimum atomic E-state index is -0.0489. The summed E-state index contributed by atoms with van der Waals surface area (Å²) in [6, 6.07) is 0. The minimum Gasteiger partial charge on any atom is -0.353 e. The fraction of sp³-hybridized carbons (Fsp3) is 1.00. The Hall–Kier alpha value is -0.120. The van der Waals surface area contributed by atoms with Gasteiger partial charge in [-0.1, -0.05) is 20.8 Å². The first-order valence-electron chi connectivity index (χ1n) is 6.49. The lowest BCUT2D eigenvalue weighted by atomic mass is 9.90. The number of hydrogen-bond acceptors (Lipinski definition) is 3. The van der Waals surface area contributed by atoms with Crippen LogP contribution in [-0.2, 0) is 9.47 Å². The molecule has 0 unspecified atom stereocenters. The van der Waals surface area contributed by atoms with Crippen LogP contribution in [0.1, 0.15) is 47.5 Å². The van der Waals surface area contributed by atoms with Crippen LogP contribution in [-0.4, -0.2) is 32.6 Å². The second kappa shape index (κ2) is 8.97. The van der Waals surface area contributed by atoms with Crippen LogP contribution in [0.15, 0.2) is 0 Å². The Kier molecular flexibility index (Phi) is 8.90. The molecule has 0 radical (unpaired) electrons. The van der Waals surface area contributed by atoms with Gasteiger partial charge in [-0.3, -0.25) is 0 Å². The summed E-state index contributed by atoms with van der Waals surface area (Å²) >= 11 is 0. The van der Waals surface area contributed by atoms with E-state index in [0.717, 1.165) is 19.5 Å². The smallest absolute Gasteiger partial charge is 0.158 e. The van der Waals surface area contributed by atoms with Gasteiger partial charge in [-0.2, -0.15) is 0 Å².